The largest absolute Gasteiger partial charge is 0.465 e. The topological polar surface area (TPSA) is 189 Å². The number of rotatable bonds is 6. The van der Waals surface area contributed by atoms with Crippen LogP contribution < -0.4 is 10.2 Å². The van der Waals surface area contributed by atoms with Crippen LogP contribution in [0.25, 0.3) is 0 Å². The Morgan fingerprint density at radius 2 is 1.93 bits per heavy atom. The van der Waals surface area contributed by atoms with E-state index in [0.717, 1.165) is 12.3 Å². The summed E-state index contributed by atoms with van der Waals surface area (Å²) in [6.07, 6.45) is -9.58. The summed E-state index contributed by atoms with van der Waals surface area (Å²) in [4.78, 5) is 12.1. The lowest BCUT2D eigenvalue weighted by Crippen LogP contribution is -2.62. The molecule has 0 aliphatic carbocycles. The predicted octanol–water partition coefficient (Wildman–Crippen LogP) is -3.41. The highest BCUT2D eigenvalue weighted by atomic mass is 16.8. The van der Waals surface area contributed by atoms with Crippen LogP contribution in [0, 0.1) is 6.92 Å². The number of hydrogen-bond acceptors (Lipinski definition) is 12. The monoisotopic (exact) mass is 420 g/mol. The molecule has 1 aromatic heterocycles. The van der Waals surface area contributed by atoms with E-state index in [1.165, 1.54) is 6.92 Å². The average molecular weight is 420 g/mol. The van der Waals surface area contributed by atoms with Crippen LogP contribution in [0.4, 0.5) is 0 Å². The first-order chi connectivity index (χ1) is 13.7. The quantitative estimate of drug-likeness (QED) is 0.268. The standard InChI is InChI=1S/C17H24O12/c1-7-12(8(20)2-3-25-7)28-15-13(11(22)10(21)9(4-18)27-15)29-16-14(23)17(24,5-19)6-26-16/h2-3,9-11,13-16,18-19,21-24H,4-6H2,1H3/t9-,10-,11+,13-,14+,15+,16+,17-/m1/s1. The Morgan fingerprint density at radius 3 is 2.52 bits per heavy atom. The lowest BCUT2D eigenvalue weighted by atomic mass is 9.98. The van der Waals surface area contributed by atoms with Crippen molar-refractivity contribution in [3.8, 4) is 5.75 Å². The summed E-state index contributed by atoms with van der Waals surface area (Å²) in [6, 6.07) is 1.10. The van der Waals surface area contributed by atoms with Gasteiger partial charge in [0.05, 0.1) is 26.1 Å². The van der Waals surface area contributed by atoms with Gasteiger partial charge in [-0.15, -0.1) is 0 Å². The molecule has 3 heterocycles. The van der Waals surface area contributed by atoms with Gasteiger partial charge in [-0.1, -0.05) is 0 Å². The van der Waals surface area contributed by atoms with E-state index >= 15 is 0 Å². The fourth-order valence-electron chi connectivity index (χ4n) is 3.12. The van der Waals surface area contributed by atoms with Crippen molar-refractivity contribution < 1.29 is 54.0 Å². The highest BCUT2D eigenvalue weighted by Gasteiger charge is 2.53. The van der Waals surface area contributed by atoms with Gasteiger partial charge >= 0.3 is 0 Å². The molecule has 29 heavy (non-hydrogen) atoms. The number of aliphatic hydroxyl groups excluding tert-OH is 5. The molecule has 0 radical (unpaired) electrons. The maximum Gasteiger partial charge on any atom is 0.230 e. The van der Waals surface area contributed by atoms with E-state index in [0.29, 0.717) is 0 Å². The van der Waals surface area contributed by atoms with Gasteiger partial charge in [-0.05, 0) is 6.92 Å². The normalized spacial score (nSPS) is 40.2. The zero-order valence-corrected chi connectivity index (χ0v) is 15.5. The van der Waals surface area contributed by atoms with E-state index in [1.807, 2.05) is 0 Å². The summed E-state index contributed by atoms with van der Waals surface area (Å²) in [5, 5.41) is 59.5. The smallest absolute Gasteiger partial charge is 0.230 e. The molecular weight excluding hydrogens is 396 g/mol. The second-order valence-electron chi connectivity index (χ2n) is 6.98. The lowest BCUT2D eigenvalue weighted by Gasteiger charge is -2.42. The molecule has 164 valence electrons. The molecule has 8 atom stereocenters. The molecule has 3 rings (SSSR count). The third-order valence-electron chi connectivity index (χ3n) is 4.94. The van der Waals surface area contributed by atoms with Crippen molar-refractivity contribution in [1.29, 1.82) is 0 Å². The maximum atomic E-state index is 12.1. The van der Waals surface area contributed by atoms with Gasteiger partial charge in [-0.2, -0.15) is 0 Å². The van der Waals surface area contributed by atoms with E-state index in [2.05, 4.69) is 0 Å². The van der Waals surface area contributed by atoms with Gasteiger partial charge < -0.3 is 54.0 Å². The van der Waals surface area contributed by atoms with Crippen LogP contribution >= 0.6 is 0 Å². The van der Waals surface area contributed by atoms with Crippen LogP contribution in [0.1, 0.15) is 5.76 Å². The first kappa shape index (κ1) is 22.1. The zero-order valence-electron chi connectivity index (χ0n) is 15.5. The van der Waals surface area contributed by atoms with Gasteiger partial charge in [0, 0.05) is 6.07 Å². The zero-order chi connectivity index (χ0) is 21.3. The van der Waals surface area contributed by atoms with Crippen molar-refractivity contribution in [2.75, 3.05) is 19.8 Å². The molecule has 0 saturated carbocycles. The Balaban J connectivity index is 1.85. The lowest BCUT2D eigenvalue weighted by molar-refractivity contribution is -0.319. The van der Waals surface area contributed by atoms with Crippen molar-refractivity contribution in [2.24, 2.45) is 0 Å². The van der Waals surface area contributed by atoms with E-state index in [4.69, 9.17) is 23.4 Å². The van der Waals surface area contributed by atoms with Crippen molar-refractivity contribution in [1.82, 2.24) is 0 Å². The summed E-state index contributed by atoms with van der Waals surface area (Å²) >= 11 is 0. The summed E-state index contributed by atoms with van der Waals surface area (Å²) < 4.78 is 26.7. The summed E-state index contributed by atoms with van der Waals surface area (Å²) in [7, 11) is 0. The molecule has 1 aromatic rings. The number of ether oxygens (including phenoxy) is 4. The van der Waals surface area contributed by atoms with Crippen molar-refractivity contribution in [2.45, 2.75) is 55.6 Å². The molecule has 2 aliphatic rings. The first-order valence-corrected chi connectivity index (χ1v) is 8.87. The van der Waals surface area contributed by atoms with Gasteiger partial charge in [-0.3, -0.25) is 4.79 Å². The molecular formula is C17H24O12. The third kappa shape index (κ3) is 4.17. The fourth-order valence-corrected chi connectivity index (χ4v) is 3.12. The van der Waals surface area contributed by atoms with Gasteiger partial charge in [0.15, 0.2) is 12.4 Å². The minimum atomic E-state index is -1.98. The molecule has 0 unspecified atom stereocenters. The Bertz CT molecular complexity index is 752. The highest BCUT2D eigenvalue weighted by molar-refractivity contribution is 5.23. The molecule has 0 spiro atoms. The van der Waals surface area contributed by atoms with Gasteiger partial charge in [0.2, 0.25) is 17.5 Å². The van der Waals surface area contributed by atoms with Crippen LogP contribution in [0.5, 0.6) is 5.75 Å². The second-order valence-corrected chi connectivity index (χ2v) is 6.98. The summed E-state index contributed by atoms with van der Waals surface area (Å²) in [5.41, 5.74) is -2.53. The summed E-state index contributed by atoms with van der Waals surface area (Å²) in [5.74, 6) is -0.140. The molecule has 2 saturated heterocycles. The second kappa shape index (κ2) is 8.63. The van der Waals surface area contributed by atoms with E-state index in [1.54, 1.807) is 0 Å². The van der Waals surface area contributed by atoms with Crippen LogP contribution in [0.2, 0.25) is 0 Å². The molecule has 6 N–H and O–H groups in total. The third-order valence-corrected chi connectivity index (χ3v) is 4.94. The van der Waals surface area contributed by atoms with Gasteiger partial charge in [-0.25, -0.2) is 0 Å². The number of aliphatic hydroxyl groups is 6. The minimum absolute atomic E-state index is 0.104. The van der Waals surface area contributed by atoms with Crippen molar-refractivity contribution >= 4 is 0 Å². The molecule has 0 aromatic carbocycles. The molecule has 0 amide bonds. The van der Waals surface area contributed by atoms with E-state index < -0.39 is 74.0 Å². The minimum Gasteiger partial charge on any atom is -0.465 e. The van der Waals surface area contributed by atoms with Crippen LogP contribution in [0.15, 0.2) is 21.5 Å². The number of hydrogen-bond donors (Lipinski definition) is 6. The molecule has 2 fully saturated rings. The molecule has 12 nitrogen and oxygen atoms in total. The van der Waals surface area contributed by atoms with E-state index in [-0.39, 0.29) is 11.5 Å². The van der Waals surface area contributed by atoms with E-state index in [9.17, 15) is 35.4 Å². The molecule has 12 heteroatoms. The van der Waals surface area contributed by atoms with Crippen molar-refractivity contribution in [3.05, 3.63) is 28.3 Å². The Hall–Kier alpha value is -1.61. The molecule has 0 bridgehead atoms. The average Bonchev–Trinajstić information content (AvgIpc) is 2.99. The SMILES string of the molecule is Cc1occc(=O)c1O[C@@H]1O[C@H](CO)[C@@H](O)[C@H](O)[C@H]1O[C@@H]1OC[C@](O)(CO)[C@H]1O. The van der Waals surface area contributed by atoms with Gasteiger partial charge in [0.25, 0.3) is 0 Å². The Morgan fingerprint density at radius 1 is 1.21 bits per heavy atom. The van der Waals surface area contributed by atoms with Crippen LogP contribution in [0.3, 0.4) is 0 Å². The maximum absolute atomic E-state index is 12.1. The highest BCUT2D eigenvalue weighted by Crippen LogP contribution is 2.31. The summed E-state index contributed by atoms with van der Waals surface area (Å²) in [6.45, 7) is -0.472. The van der Waals surface area contributed by atoms with Gasteiger partial charge in [0.1, 0.15) is 35.8 Å². The predicted molar refractivity (Wildman–Crippen MR) is 90.8 cm³/mol. The number of aryl methyl sites for hydroxylation is 1. The first-order valence-electron chi connectivity index (χ1n) is 8.87. The van der Waals surface area contributed by atoms with Crippen LogP contribution in [-0.2, 0) is 14.2 Å². The fraction of sp³-hybridized carbons (Fsp3) is 0.706. The van der Waals surface area contributed by atoms with Crippen LogP contribution in [-0.4, -0.2) is 99.2 Å². The van der Waals surface area contributed by atoms with Crippen molar-refractivity contribution in [3.63, 3.8) is 0 Å². The Kier molecular flexibility index (Phi) is 6.57. The molecule has 2 aliphatic heterocycles. The Labute approximate surface area is 164 Å².